The van der Waals surface area contributed by atoms with Crippen LogP contribution in [0.3, 0.4) is 0 Å². The van der Waals surface area contributed by atoms with Crippen LogP contribution in [0.25, 0.3) is 0 Å². The van der Waals surface area contributed by atoms with Gasteiger partial charge in [0.15, 0.2) is 0 Å². The predicted molar refractivity (Wildman–Crippen MR) is 135 cm³/mol. The molecule has 1 heterocycles. The molecule has 1 aromatic carbocycles. The molecule has 37 heavy (non-hydrogen) atoms. The van der Waals surface area contributed by atoms with Crippen LogP contribution in [-0.4, -0.2) is 41.8 Å². The molecule has 9 heteroatoms. The number of carboxylic acids is 1. The second kappa shape index (κ2) is 11.1. The summed E-state index contributed by atoms with van der Waals surface area (Å²) in [6.45, 7) is 8.07. The van der Waals surface area contributed by atoms with E-state index in [1.807, 2.05) is 20.8 Å². The zero-order valence-corrected chi connectivity index (χ0v) is 22.4. The van der Waals surface area contributed by atoms with Gasteiger partial charge in [0.25, 0.3) is 0 Å². The van der Waals surface area contributed by atoms with Gasteiger partial charge in [0.2, 0.25) is 0 Å². The molecular weight excluding hydrogens is 485 g/mol. The number of urea groups is 1. The number of hydrogen-bond donors (Lipinski definition) is 2. The number of carboxylic acid groups (broad SMARTS) is 1. The number of nitrogens with one attached hydrogen (secondary N) is 1. The summed E-state index contributed by atoms with van der Waals surface area (Å²) in [6.07, 6.45) is 0.615. The molecule has 206 valence electrons. The Labute approximate surface area is 217 Å². The molecule has 3 rings (SSSR count). The highest BCUT2D eigenvalue weighted by atomic mass is 19.4. The topological polar surface area (TPSA) is 78.9 Å². The third kappa shape index (κ3) is 6.86. The molecule has 1 aromatic rings. The second-order valence-electron chi connectivity index (χ2n) is 11.6. The Kier molecular flexibility index (Phi) is 8.67. The quantitative estimate of drug-likeness (QED) is 0.408. The van der Waals surface area contributed by atoms with E-state index >= 15 is 0 Å². The Morgan fingerprint density at radius 3 is 2.35 bits per heavy atom. The fourth-order valence-electron chi connectivity index (χ4n) is 5.25. The Hall–Kier alpha value is -2.55. The summed E-state index contributed by atoms with van der Waals surface area (Å²) in [5.74, 6) is -1.24. The van der Waals surface area contributed by atoms with Gasteiger partial charge in [-0.1, -0.05) is 32.9 Å². The molecule has 0 aromatic heterocycles. The highest BCUT2D eigenvalue weighted by Crippen LogP contribution is 2.41. The average molecular weight is 525 g/mol. The van der Waals surface area contributed by atoms with E-state index in [1.54, 1.807) is 31.2 Å². The zero-order chi connectivity index (χ0) is 27.6. The molecule has 0 unspecified atom stereocenters. The van der Waals surface area contributed by atoms with Gasteiger partial charge in [-0.15, -0.1) is 0 Å². The van der Waals surface area contributed by atoms with Crippen LogP contribution in [0.1, 0.15) is 82.9 Å². The van der Waals surface area contributed by atoms with Gasteiger partial charge in [-0.3, -0.25) is 9.69 Å². The number of ether oxygens (including phenoxy) is 1. The summed E-state index contributed by atoms with van der Waals surface area (Å²) in [4.78, 5) is 26.2. The van der Waals surface area contributed by atoms with Crippen LogP contribution in [0.2, 0.25) is 0 Å². The molecule has 1 atom stereocenters. The van der Waals surface area contributed by atoms with Gasteiger partial charge < -0.3 is 15.2 Å². The Bertz CT molecular complexity index is 1020. The van der Waals surface area contributed by atoms with Crippen LogP contribution in [0, 0.1) is 11.3 Å². The summed E-state index contributed by atoms with van der Waals surface area (Å²) in [6, 6.07) is 3.83. The maximum Gasteiger partial charge on any atom is 0.416 e. The summed E-state index contributed by atoms with van der Waals surface area (Å²) < 4.78 is 47.7. The number of aliphatic carboxylic acids is 1. The molecule has 1 aliphatic heterocycles. The second-order valence-corrected chi connectivity index (χ2v) is 11.6. The molecular formula is C28H39F3N2O4. The summed E-state index contributed by atoms with van der Waals surface area (Å²) in [5, 5.41) is 12.3. The Morgan fingerprint density at radius 1 is 1.16 bits per heavy atom. The molecule has 2 N–H and O–H groups in total. The number of hydrogen-bond acceptors (Lipinski definition) is 3. The van der Waals surface area contributed by atoms with E-state index in [4.69, 9.17) is 4.74 Å². The van der Waals surface area contributed by atoms with Crippen LogP contribution < -0.4 is 5.32 Å². The fourth-order valence-corrected chi connectivity index (χ4v) is 5.25. The largest absolute Gasteiger partial charge is 0.481 e. The molecule has 0 saturated heterocycles. The SMILES string of the molecule is COCCC1=CN([C@H]2CC[C@H](C(=O)O)CC2)C(=O)N[C@@]1(C)c1ccc(CCC(C)(C)C)c(C(F)(F)F)c1. The lowest BCUT2D eigenvalue weighted by atomic mass is 9.79. The number of aryl methyl sites for hydroxylation is 1. The molecule has 2 amide bonds. The van der Waals surface area contributed by atoms with Crippen LogP contribution in [0.4, 0.5) is 18.0 Å². The van der Waals surface area contributed by atoms with E-state index in [1.165, 1.54) is 12.1 Å². The zero-order valence-electron chi connectivity index (χ0n) is 22.4. The van der Waals surface area contributed by atoms with Crippen molar-refractivity contribution >= 4 is 12.0 Å². The molecule has 0 spiro atoms. The smallest absolute Gasteiger partial charge is 0.416 e. The first-order chi connectivity index (χ1) is 17.2. The number of carbonyl (C=O) groups is 2. The third-order valence-electron chi connectivity index (χ3n) is 7.68. The van der Waals surface area contributed by atoms with E-state index in [-0.39, 0.29) is 17.0 Å². The molecule has 1 aliphatic carbocycles. The maximum absolute atomic E-state index is 14.1. The Balaban J connectivity index is 1.97. The number of benzene rings is 1. The van der Waals surface area contributed by atoms with Gasteiger partial charge in [-0.2, -0.15) is 13.2 Å². The number of alkyl halides is 3. The van der Waals surface area contributed by atoms with Crippen molar-refractivity contribution in [1.29, 1.82) is 0 Å². The lowest BCUT2D eigenvalue weighted by Gasteiger charge is -2.44. The molecule has 1 fully saturated rings. The monoisotopic (exact) mass is 524 g/mol. The van der Waals surface area contributed by atoms with E-state index in [9.17, 15) is 27.9 Å². The average Bonchev–Trinajstić information content (AvgIpc) is 2.81. The number of carbonyl (C=O) groups excluding carboxylic acids is 1. The van der Waals surface area contributed by atoms with Crippen LogP contribution >= 0.6 is 0 Å². The number of methoxy groups -OCH3 is 1. The summed E-state index contributed by atoms with van der Waals surface area (Å²) >= 11 is 0. The van der Waals surface area contributed by atoms with Crippen LogP contribution in [0.15, 0.2) is 30.0 Å². The van der Waals surface area contributed by atoms with E-state index < -0.39 is 35.2 Å². The minimum Gasteiger partial charge on any atom is -0.481 e. The fraction of sp³-hybridized carbons (Fsp3) is 0.643. The standard InChI is InChI=1S/C28H39F3N2O4/c1-26(2,3)14-12-18-6-9-20(16-23(18)28(29,30)31)27(4)21(13-15-37-5)17-33(25(36)32-27)22-10-7-19(8-11-22)24(34)35/h6,9,16-17,19,22H,7-8,10-15H2,1-5H3,(H,32,36)(H,34,35)/t19-,22-,27-/m0/s1. The van der Waals surface area contributed by atoms with Crippen molar-refractivity contribution in [3.05, 3.63) is 46.7 Å². The van der Waals surface area contributed by atoms with E-state index in [0.29, 0.717) is 57.1 Å². The van der Waals surface area contributed by atoms with Crippen LogP contribution in [-0.2, 0) is 27.7 Å². The van der Waals surface area contributed by atoms with Gasteiger partial charge >= 0.3 is 18.2 Å². The molecule has 1 saturated carbocycles. The number of nitrogens with zero attached hydrogens (tertiary/aromatic N) is 1. The van der Waals surface area contributed by atoms with Crippen molar-refractivity contribution in [2.75, 3.05) is 13.7 Å². The Morgan fingerprint density at radius 2 is 1.81 bits per heavy atom. The summed E-state index contributed by atoms with van der Waals surface area (Å²) in [7, 11) is 1.55. The molecule has 6 nitrogen and oxygen atoms in total. The van der Waals surface area contributed by atoms with Crippen LogP contribution in [0.5, 0.6) is 0 Å². The maximum atomic E-state index is 14.1. The van der Waals surface area contributed by atoms with Gasteiger partial charge in [-0.05, 0) is 80.1 Å². The number of amides is 2. The van der Waals surface area contributed by atoms with Crippen molar-refractivity contribution in [2.24, 2.45) is 11.3 Å². The van der Waals surface area contributed by atoms with Crippen molar-refractivity contribution in [2.45, 2.75) is 90.4 Å². The van der Waals surface area contributed by atoms with Gasteiger partial charge in [-0.25, -0.2) is 4.79 Å². The van der Waals surface area contributed by atoms with Crippen molar-refractivity contribution in [3.8, 4) is 0 Å². The van der Waals surface area contributed by atoms with Gasteiger partial charge in [0.05, 0.1) is 23.6 Å². The van der Waals surface area contributed by atoms with E-state index in [0.717, 1.165) is 5.57 Å². The molecule has 2 aliphatic rings. The number of halogens is 3. The number of rotatable bonds is 8. The van der Waals surface area contributed by atoms with Crippen molar-refractivity contribution in [1.82, 2.24) is 10.2 Å². The lowest BCUT2D eigenvalue weighted by molar-refractivity contribution is -0.143. The normalized spacial score (nSPS) is 25.0. The van der Waals surface area contributed by atoms with Gasteiger partial charge in [0, 0.05) is 19.4 Å². The van der Waals surface area contributed by atoms with Crippen molar-refractivity contribution in [3.63, 3.8) is 0 Å². The molecule has 0 radical (unpaired) electrons. The van der Waals surface area contributed by atoms with Gasteiger partial charge in [0.1, 0.15) is 0 Å². The first-order valence-corrected chi connectivity index (χ1v) is 12.9. The predicted octanol–water partition coefficient (Wildman–Crippen LogP) is 6.49. The van der Waals surface area contributed by atoms with E-state index in [2.05, 4.69) is 5.32 Å². The highest BCUT2D eigenvalue weighted by molar-refractivity contribution is 5.79. The van der Waals surface area contributed by atoms with Crippen molar-refractivity contribution < 1.29 is 32.6 Å². The third-order valence-corrected chi connectivity index (χ3v) is 7.68. The first-order valence-electron chi connectivity index (χ1n) is 12.9. The minimum atomic E-state index is -4.52. The highest BCUT2D eigenvalue weighted by Gasteiger charge is 2.43. The minimum absolute atomic E-state index is 0.103. The molecule has 0 bridgehead atoms. The first kappa shape index (κ1) is 29.0. The lowest BCUT2D eigenvalue weighted by Crippen LogP contribution is -2.56. The summed E-state index contributed by atoms with van der Waals surface area (Å²) in [5.41, 5.74) is -0.573.